The van der Waals surface area contributed by atoms with E-state index in [1.54, 1.807) is 67.7 Å². The Labute approximate surface area is 198 Å². The van der Waals surface area contributed by atoms with Crippen LogP contribution in [0.1, 0.15) is 30.0 Å². The third-order valence-corrected chi connectivity index (χ3v) is 6.12. The van der Waals surface area contributed by atoms with E-state index in [2.05, 4.69) is 5.32 Å². The van der Waals surface area contributed by atoms with Gasteiger partial charge in [-0.2, -0.15) is 0 Å². The van der Waals surface area contributed by atoms with Crippen LogP contribution in [0.4, 0.5) is 15.8 Å². The Morgan fingerprint density at radius 1 is 0.971 bits per heavy atom. The number of piperidine rings is 1. The van der Waals surface area contributed by atoms with Gasteiger partial charge in [-0.05, 0) is 73.0 Å². The number of rotatable bonds is 6. The molecule has 1 aliphatic rings. The molecule has 6 nitrogen and oxygen atoms in total. The van der Waals surface area contributed by atoms with Crippen LogP contribution in [0.5, 0.6) is 11.5 Å². The maximum atomic E-state index is 14.4. The monoisotopic (exact) mass is 462 g/mol. The molecule has 0 saturated carbocycles. The largest absolute Gasteiger partial charge is 0.497 e. The Morgan fingerprint density at radius 3 is 2.21 bits per heavy atom. The molecule has 0 radical (unpaired) electrons. The molecule has 0 aromatic heterocycles. The van der Waals surface area contributed by atoms with Crippen molar-refractivity contribution in [2.75, 3.05) is 24.4 Å². The van der Waals surface area contributed by atoms with Crippen molar-refractivity contribution in [3.63, 3.8) is 0 Å². The molecule has 2 atom stereocenters. The molecule has 4 rings (SSSR count). The van der Waals surface area contributed by atoms with Gasteiger partial charge in [0.05, 0.1) is 31.9 Å². The number of amides is 2. The molecule has 1 N–H and O–H groups in total. The second kappa shape index (κ2) is 9.95. The summed E-state index contributed by atoms with van der Waals surface area (Å²) in [5, 5.41) is 2.75. The molecule has 7 heteroatoms. The van der Waals surface area contributed by atoms with Gasteiger partial charge in [0.1, 0.15) is 17.3 Å². The second-order valence-corrected chi connectivity index (χ2v) is 8.30. The van der Waals surface area contributed by atoms with Crippen LogP contribution < -0.4 is 19.7 Å². The Hall–Kier alpha value is -3.87. The van der Waals surface area contributed by atoms with E-state index in [9.17, 15) is 14.0 Å². The quantitative estimate of drug-likeness (QED) is 0.542. The summed E-state index contributed by atoms with van der Waals surface area (Å²) in [7, 11) is 3.15. The van der Waals surface area contributed by atoms with Crippen molar-refractivity contribution in [3.05, 3.63) is 83.7 Å². The van der Waals surface area contributed by atoms with Crippen LogP contribution >= 0.6 is 0 Å². The molecule has 34 heavy (non-hydrogen) atoms. The Kier molecular flexibility index (Phi) is 6.82. The molecule has 0 bridgehead atoms. The molecule has 3 aromatic carbocycles. The lowest BCUT2D eigenvalue weighted by molar-refractivity contribution is -0.126. The summed E-state index contributed by atoms with van der Waals surface area (Å²) in [6.07, 6.45) is 0.550. The predicted octanol–water partition coefficient (Wildman–Crippen LogP) is 5.27. The van der Waals surface area contributed by atoms with Crippen LogP contribution in [0.3, 0.4) is 0 Å². The third-order valence-electron chi connectivity index (χ3n) is 6.12. The molecule has 3 aromatic rings. The van der Waals surface area contributed by atoms with E-state index in [0.717, 1.165) is 11.1 Å². The lowest BCUT2D eigenvalue weighted by Crippen LogP contribution is -2.47. The second-order valence-electron chi connectivity index (χ2n) is 8.30. The molecule has 1 heterocycles. The number of hydrogen-bond donors (Lipinski definition) is 1. The maximum Gasteiger partial charge on any atom is 0.230 e. The Balaban J connectivity index is 1.74. The summed E-state index contributed by atoms with van der Waals surface area (Å²) in [6.45, 7) is 1.83. The molecule has 2 amide bonds. The summed E-state index contributed by atoms with van der Waals surface area (Å²) < 4.78 is 24.9. The summed E-state index contributed by atoms with van der Waals surface area (Å²) >= 11 is 0. The highest BCUT2D eigenvalue weighted by Gasteiger charge is 2.41. The van der Waals surface area contributed by atoms with Gasteiger partial charge in [0.2, 0.25) is 11.8 Å². The van der Waals surface area contributed by atoms with Crippen molar-refractivity contribution < 1.29 is 23.5 Å². The molecule has 0 spiro atoms. The van der Waals surface area contributed by atoms with Crippen molar-refractivity contribution in [2.24, 2.45) is 5.92 Å². The number of carbonyl (C=O) groups excluding carboxylic acids is 2. The van der Waals surface area contributed by atoms with Crippen LogP contribution in [0.2, 0.25) is 0 Å². The van der Waals surface area contributed by atoms with Crippen LogP contribution in [0.15, 0.2) is 66.7 Å². The molecule has 1 fully saturated rings. The van der Waals surface area contributed by atoms with Crippen molar-refractivity contribution in [1.29, 1.82) is 0 Å². The summed E-state index contributed by atoms with van der Waals surface area (Å²) in [5.74, 6) is -0.178. The lowest BCUT2D eigenvalue weighted by atomic mass is 9.83. The average Bonchev–Trinajstić information content (AvgIpc) is 2.86. The van der Waals surface area contributed by atoms with Gasteiger partial charge in [-0.25, -0.2) is 4.39 Å². The first-order valence-corrected chi connectivity index (χ1v) is 11.1. The SMILES string of the molecule is COc1ccc(C2C(C(=O)Nc3cc(C)ccc3F)CCC(=O)N2c2ccc(OC)cc2)cc1. The van der Waals surface area contributed by atoms with Gasteiger partial charge in [0.25, 0.3) is 0 Å². The van der Waals surface area contributed by atoms with E-state index in [1.165, 1.54) is 6.07 Å². The van der Waals surface area contributed by atoms with Gasteiger partial charge in [-0.3, -0.25) is 9.59 Å². The number of ether oxygens (including phenoxy) is 2. The third kappa shape index (κ3) is 4.73. The fourth-order valence-electron chi connectivity index (χ4n) is 4.36. The number of aryl methyl sites for hydroxylation is 1. The minimum atomic E-state index is -0.590. The first-order chi connectivity index (χ1) is 16.4. The maximum absolute atomic E-state index is 14.4. The number of nitrogens with one attached hydrogen (secondary N) is 1. The van der Waals surface area contributed by atoms with E-state index in [1.807, 2.05) is 19.1 Å². The zero-order chi connectivity index (χ0) is 24.2. The van der Waals surface area contributed by atoms with Gasteiger partial charge in [0.15, 0.2) is 0 Å². The molecule has 0 aliphatic carbocycles. The Morgan fingerprint density at radius 2 is 1.59 bits per heavy atom. The number of methoxy groups -OCH3 is 2. The van der Waals surface area contributed by atoms with Gasteiger partial charge >= 0.3 is 0 Å². The van der Waals surface area contributed by atoms with Crippen LogP contribution in [0, 0.1) is 18.7 Å². The molecule has 176 valence electrons. The topological polar surface area (TPSA) is 67.9 Å². The molecule has 1 aliphatic heterocycles. The standard InChI is InChI=1S/C27H27FN2O4/c1-17-4-14-23(28)24(16-17)29-27(32)22-13-15-25(31)30(19-7-11-21(34-3)12-8-19)26(22)18-5-9-20(33-2)10-6-18/h4-12,14,16,22,26H,13,15H2,1-3H3,(H,29,32). The highest BCUT2D eigenvalue weighted by molar-refractivity contribution is 6.00. The summed E-state index contributed by atoms with van der Waals surface area (Å²) in [4.78, 5) is 28.3. The van der Waals surface area contributed by atoms with Crippen LogP contribution in [0.25, 0.3) is 0 Å². The normalized spacial score (nSPS) is 17.9. The number of benzene rings is 3. The number of nitrogens with zero attached hydrogens (tertiary/aromatic N) is 1. The fraction of sp³-hybridized carbons (Fsp3) is 0.259. The van der Waals surface area contributed by atoms with Gasteiger partial charge in [-0.15, -0.1) is 0 Å². The average molecular weight is 463 g/mol. The van der Waals surface area contributed by atoms with Gasteiger partial charge in [0, 0.05) is 12.1 Å². The lowest BCUT2D eigenvalue weighted by Gasteiger charge is -2.41. The van der Waals surface area contributed by atoms with Gasteiger partial charge in [-0.1, -0.05) is 18.2 Å². The van der Waals surface area contributed by atoms with Crippen molar-refractivity contribution in [3.8, 4) is 11.5 Å². The van der Waals surface area contributed by atoms with Crippen molar-refractivity contribution in [1.82, 2.24) is 0 Å². The first kappa shape index (κ1) is 23.3. The molecular formula is C27H27FN2O4. The van der Waals surface area contributed by atoms with E-state index in [4.69, 9.17) is 9.47 Å². The van der Waals surface area contributed by atoms with E-state index >= 15 is 0 Å². The van der Waals surface area contributed by atoms with Gasteiger partial charge < -0.3 is 19.7 Å². The zero-order valence-electron chi connectivity index (χ0n) is 19.4. The van der Waals surface area contributed by atoms with Crippen LogP contribution in [-0.2, 0) is 9.59 Å². The molecule has 2 unspecified atom stereocenters. The predicted molar refractivity (Wildman–Crippen MR) is 129 cm³/mol. The number of halogens is 1. The van der Waals surface area contributed by atoms with E-state index < -0.39 is 17.8 Å². The Bertz CT molecular complexity index is 1180. The summed E-state index contributed by atoms with van der Waals surface area (Å²) in [6, 6.07) is 18.5. The highest BCUT2D eigenvalue weighted by atomic mass is 19.1. The number of anilines is 2. The van der Waals surface area contributed by atoms with Crippen molar-refractivity contribution in [2.45, 2.75) is 25.8 Å². The molecule has 1 saturated heterocycles. The first-order valence-electron chi connectivity index (χ1n) is 11.1. The zero-order valence-corrected chi connectivity index (χ0v) is 19.4. The highest BCUT2D eigenvalue weighted by Crippen LogP contribution is 2.41. The molecular weight excluding hydrogens is 435 g/mol. The minimum Gasteiger partial charge on any atom is -0.497 e. The number of carbonyl (C=O) groups is 2. The van der Waals surface area contributed by atoms with Crippen LogP contribution in [-0.4, -0.2) is 26.0 Å². The summed E-state index contributed by atoms with van der Waals surface area (Å²) in [5.41, 5.74) is 2.41. The smallest absolute Gasteiger partial charge is 0.230 e. The van der Waals surface area contributed by atoms with Crippen molar-refractivity contribution >= 4 is 23.2 Å². The van der Waals surface area contributed by atoms with E-state index in [0.29, 0.717) is 23.6 Å². The fourth-order valence-corrected chi connectivity index (χ4v) is 4.36. The minimum absolute atomic E-state index is 0.0863. The number of hydrogen-bond acceptors (Lipinski definition) is 4. The van der Waals surface area contributed by atoms with E-state index in [-0.39, 0.29) is 23.9 Å².